The van der Waals surface area contributed by atoms with Crippen LogP contribution in [0.3, 0.4) is 0 Å². The molecule has 0 unspecified atom stereocenters. The van der Waals surface area contributed by atoms with Crippen molar-refractivity contribution in [3.05, 3.63) is 34.4 Å². The summed E-state index contributed by atoms with van der Waals surface area (Å²) < 4.78 is 5.96. The van der Waals surface area contributed by atoms with Crippen molar-refractivity contribution in [2.24, 2.45) is 0 Å². The minimum absolute atomic E-state index is 0.536. The Morgan fingerprint density at radius 3 is 2.80 bits per heavy atom. The second kappa shape index (κ2) is 3.98. The van der Waals surface area contributed by atoms with Gasteiger partial charge in [0.15, 0.2) is 6.29 Å². The van der Waals surface area contributed by atoms with Crippen molar-refractivity contribution in [2.75, 3.05) is 7.11 Å². The molecule has 0 aliphatic rings. The standard InChI is InChI=1S/C11H8BrNO2/c1-15-11-7(6-14)2-4-9-8(11)3-5-10(12)13-9/h2-6H,1H3. The van der Waals surface area contributed by atoms with Gasteiger partial charge in [0.2, 0.25) is 0 Å². The van der Waals surface area contributed by atoms with Gasteiger partial charge in [-0.05, 0) is 40.2 Å². The van der Waals surface area contributed by atoms with Crippen molar-refractivity contribution in [3.63, 3.8) is 0 Å². The lowest BCUT2D eigenvalue weighted by Crippen LogP contribution is -1.92. The van der Waals surface area contributed by atoms with E-state index >= 15 is 0 Å². The normalized spacial score (nSPS) is 10.3. The summed E-state index contributed by atoms with van der Waals surface area (Å²) in [6, 6.07) is 7.19. The number of aromatic nitrogens is 1. The van der Waals surface area contributed by atoms with E-state index in [0.29, 0.717) is 11.3 Å². The first-order valence-corrected chi connectivity index (χ1v) is 5.14. The molecule has 0 spiro atoms. The molecule has 1 aromatic carbocycles. The maximum absolute atomic E-state index is 10.8. The van der Waals surface area contributed by atoms with Crippen molar-refractivity contribution in [1.29, 1.82) is 0 Å². The molecular formula is C11H8BrNO2. The minimum atomic E-state index is 0.536. The summed E-state index contributed by atoms with van der Waals surface area (Å²) in [5.41, 5.74) is 1.33. The Balaban J connectivity index is 2.82. The molecule has 0 radical (unpaired) electrons. The van der Waals surface area contributed by atoms with Crippen LogP contribution in [-0.2, 0) is 0 Å². The molecule has 1 heterocycles. The summed E-state index contributed by atoms with van der Waals surface area (Å²) in [7, 11) is 1.55. The average Bonchev–Trinajstić information content (AvgIpc) is 2.27. The average molecular weight is 266 g/mol. The molecule has 3 nitrogen and oxygen atoms in total. The van der Waals surface area contributed by atoms with Gasteiger partial charge in [-0.25, -0.2) is 4.98 Å². The highest BCUT2D eigenvalue weighted by molar-refractivity contribution is 9.10. The van der Waals surface area contributed by atoms with Gasteiger partial charge >= 0.3 is 0 Å². The van der Waals surface area contributed by atoms with Crippen LogP contribution in [0.2, 0.25) is 0 Å². The third kappa shape index (κ3) is 1.72. The van der Waals surface area contributed by atoms with Gasteiger partial charge in [-0.2, -0.15) is 0 Å². The van der Waals surface area contributed by atoms with Crippen LogP contribution in [0.15, 0.2) is 28.9 Å². The van der Waals surface area contributed by atoms with Crippen LogP contribution in [0, 0.1) is 0 Å². The molecule has 0 atom stereocenters. The van der Waals surface area contributed by atoms with Gasteiger partial charge in [0, 0.05) is 5.39 Å². The summed E-state index contributed by atoms with van der Waals surface area (Å²) in [4.78, 5) is 15.1. The second-order valence-electron chi connectivity index (χ2n) is 3.01. The van der Waals surface area contributed by atoms with Crippen molar-refractivity contribution < 1.29 is 9.53 Å². The molecule has 0 saturated heterocycles. The maximum Gasteiger partial charge on any atom is 0.153 e. The molecule has 4 heteroatoms. The summed E-state index contributed by atoms with van der Waals surface area (Å²) in [5, 5.41) is 0.838. The van der Waals surface area contributed by atoms with Crippen molar-refractivity contribution in [1.82, 2.24) is 4.98 Å². The number of nitrogens with zero attached hydrogens (tertiary/aromatic N) is 1. The Bertz CT molecular complexity index is 525. The first-order chi connectivity index (χ1) is 7.26. The zero-order valence-corrected chi connectivity index (χ0v) is 9.61. The zero-order chi connectivity index (χ0) is 10.8. The number of halogens is 1. The SMILES string of the molecule is COc1c(C=O)ccc2nc(Br)ccc12. The van der Waals surface area contributed by atoms with Gasteiger partial charge in [0.1, 0.15) is 10.4 Å². The van der Waals surface area contributed by atoms with E-state index in [4.69, 9.17) is 4.74 Å². The molecule has 0 saturated carbocycles. The molecule has 15 heavy (non-hydrogen) atoms. The number of carbonyl (C=O) groups excluding carboxylic acids is 1. The highest BCUT2D eigenvalue weighted by atomic mass is 79.9. The smallest absolute Gasteiger partial charge is 0.153 e. The van der Waals surface area contributed by atoms with Gasteiger partial charge in [-0.15, -0.1) is 0 Å². The van der Waals surface area contributed by atoms with Gasteiger partial charge in [0.05, 0.1) is 18.2 Å². The fourth-order valence-corrected chi connectivity index (χ4v) is 1.81. The molecule has 2 aromatic rings. The minimum Gasteiger partial charge on any atom is -0.495 e. The van der Waals surface area contributed by atoms with E-state index in [9.17, 15) is 4.79 Å². The van der Waals surface area contributed by atoms with Crippen LogP contribution in [0.4, 0.5) is 0 Å². The van der Waals surface area contributed by atoms with E-state index in [1.165, 1.54) is 0 Å². The summed E-state index contributed by atoms with van der Waals surface area (Å²) in [6.45, 7) is 0. The first kappa shape index (κ1) is 10.1. The zero-order valence-electron chi connectivity index (χ0n) is 8.03. The number of ether oxygens (including phenoxy) is 1. The van der Waals surface area contributed by atoms with Gasteiger partial charge < -0.3 is 4.74 Å². The fourth-order valence-electron chi connectivity index (χ4n) is 1.49. The molecule has 0 aliphatic heterocycles. The number of methoxy groups -OCH3 is 1. The molecule has 0 fully saturated rings. The summed E-state index contributed by atoms with van der Waals surface area (Å²) in [6.07, 6.45) is 0.778. The lowest BCUT2D eigenvalue weighted by molar-refractivity contribution is 0.112. The van der Waals surface area contributed by atoms with Gasteiger partial charge in [-0.3, -0.25) is 4.79 Å². The highest BCUT2D eigenvalue weighted by Gasteiger charge is 2.08. The number of fused-ring (bicyclic) bond motifs is 1. The van der Waals surface area contributed by atoms with Crippen molar-refractivity contribution >= 4 is 33.1 Å². The molecule has 2 rings (SSSR count). The molecule has 0 aliphatic carbocycles. The van der Waals surface area contributed by atoms with E-state index in [2.05, 4.69) is 20.9 Å². The van der Waals surface area contributed by atoms with Crippen LogP contribution >= 0.6 is 15.9 Å². The molecule has 0 N–H and O–H groups in total. The monoisotopic (exact) mass is 265 g/mol. The van der Waals surface area contributed by atoms with Crippen LogP contribution < -0.4 is 4.74 Å². The molecular weight excluding hydrogens is 258 g/mol. The number of carbonyl (C=O) groups is 1. The third-order valence-corrected chi connectivity index (χ3v) is 2.59. The van der Waals surface area contributed by atoms with E-state index in [1.807, 2.05) is 12.1 Å². The number of hydrogen-bond donors (Lipinski definition) is 0. The van der Waals surface area contributed by atoms with Crippen molar-refractivity contribution in [3.8, 4) is 5.75 Å². The number of benzene rings is 1. The lowest BCUT2D eigenvalue weighted by atomic mass is 10.1. The quantitative estimate of drug-likeness (QED) is 0.619. The Kier molecular flexibility index (Phi) is 2.68. The summed E-state index contributed by atoms with van der Waals surface area (Å²) >= 11 is 3.29. The fraction of sp³-hybridized carbons (Fsp3) is 0.0909. The predicted octanol–water partition coefficient (Wildman–Crippen LogP) is 2.82. The van der Waals surface area contributed by atoms with Gasteiger partial charge in [-0.1, -0.05) is 0 Å². The van der Waals surface area contributed by atoms with Crippen LogP contribution in [0.1, 0.15) is 10.4 Å². The highest BCUT2D eigenvalue weighted by Crippen LogP contribution is 2.28. The Hall–Kier alpha value is -1.42. The van der Waals surface area contributed by atoms with E-state index in [1.54, 1.807) is 19.2 Å². The Morgan fingerprint density at radius 2 is 2.13 bits per heavy atom. The van der Waals surface area contributed by atoms with Crippen LogP contribution in [0.5, 0.6) is 5.75 Å². The van der Waals surface area contributed by atoms with Crippen molar-refractivity contribution in [2.45, 2.75) is 0 Å². The van der Waals surface area contributed by atoms with Gasteiger partial charge in [0.25, 0.3) is 0 Å². The third-order valence-electron chi connectivity index (χ3n) is 2.15. The molecule has 0 bridgehead atoms. The largest absolute Gasteiger partial charge is 0.495 e. The Labute approximate surface area is 95.2 Å². The van der Waals surface area contributed by atoms with E-state index < -0.39 is 0 Å². The number of aldehydes is 1. The molecule has 76 valence electrons. The molecule has 1 aromatic heterocycles. The maximum atomic E-state index is 10.8. The topological polar surface area (TPSA) is 39.2 Å². The first-order valence-electron chi connectivity index (χ1n) is 4.34. The van der Waals surface area contributed by atoms with E-state index in [0.717, 1.165) is 21.8 Å². The second-order valence-corrected chi connectivity index (χ2v) is 3.82. The number of hydrogen-bond acceptors (Lipinski definition) is 3. The van der Waals surface area contributed by atoms with Crippen LogP contribution in [0.25, 0.3) is 10.9 Å². The predicted molar refractivity (Wildman–Crippen MR) is 61.4 cm³/mol. The van der Waals surface area contributed by atoms with Crippen LogP contribution in [-0.4, -0.2) is 18.4 Å². The summed E-state index contributed by atoms with van der Waals surface area (Å²) in [5.74, 6) is 0.572. The van der Waals surface area contributed by atoms with E-state index in [-0.39, 0.29) is 0 Å². The molecule has 0 amide bonds. The Morgan fingerprint density at radius 1 is 1.33 bits per heavy atom. The number of rotatable bonds is 2. The number of pyridine rings is 1. The lowest BCUT2D eigenvalue weighted by Gasteiger charge is -2.07.